The first-order chi connectivity index (χ1) is 36.5. The van der Waals surface area contributed by atoms with Crippen LogP contribution < -0.4 is 0 Å². The summed E-state index contributed by atoms with van der Waals surface area (Å²) >= 11 is 12.3. The van der Waals surface area contributed by atoms with Crippen LogP contribution in [-0.4, -0.2) is 153 Å². The second-order valence-electron chi connectivity index (χ2n) is 18.6. The Morgan fingerprint density at radius 3 is 2.25 bits per heavy atom. The maximum atomic E-state index is 14.0. The highest BCUT2D eigenvalue weighted by Crippen LogP contribution is 2.45. The molecule has 1 aromatic rings. The number of carbonyl (C=O) groups is 3. The van der Waals surface area contributed by atoms with Gasteiger partial charge in [-0.15, -0.1) is 0 Å². The minimum atomic E-state index is -3.76. The van der Waals surface area contributed by atoms with E-state index in [9.17, 15) is 50.1 Å². The normalized spacial score (nSPS) is 33.4. The molecule has 20 heteroatoms. The predicted molar refractivity (Wildman–Crippen MR) is 265 cm³/mol. The number of allylic oxidation sites excluding steroid dienone is 4. The zero-order valence-corrected chi connectivity index (χ0v) is 43.5. The Morgan fingerprint density at radius 2 is 1.64 bits per heavy atom. The fourth-order valence-corrected chi connectivity index (χ4v) is 9.07. The molecule has 404 valence electrons. The van der Waals surface area contributed by atoms with E-state index in [2.05, 4.69) is 0 Å². The summed E-state index contributed by atoms with van der Waals surface area (Å²) in [5.41, 5.74) is -0.683. The van der Waals surface area contributed by atoms with E-state index in [-0.39, 0.29) is 35.4 Å². The van der Waals surface area contributed by atoms with E-state index in [1.54, 1.807) is 52.0 Å². The van der Waals surface area contributed by atoms with Crippen molar-refractivity contribution in [2.45, 2.75) is 187 Å². The standard InChI is InChI=1S/C52H74Cl2O18/c1-13-30-22-26(6)33(56)18-16-15-17-31(23-66-51-45(65-12)42(61)44(29(9)67-51)69-49(64)35-32(14-2)36(53)39(58)37(54)38(35)57)48(63)68-34(28(8)55)20-19-25(5)21-27(7)43(30)70-50-41(60)40(59)46(52(10,11)72-50)71-47(62)24(3)4/h15-17,19,21-22,24,28-30,33-34,40-46,50-51,55-61H,13-14,18,20,23H2,1-12H3/t28-,29-,30+,33+,34+,40-,41+,42+,43+,44-,45+,46+,50-,51-/m1/s1/i3D3,4D3,24D. The molecule has 72 heavy (non-hydrogen) atoms. The van der Waals surface area contributed by atoms with Crippen LogP contribution in [0.4, 0.5) is 0 Å². The SMILES string of the molecule is [2H]C([2H])([2H])C([2H])(C(=O)O[C@H]1[C@H](O)[C@H](O)[C@H](O[C@H]2C(C)=CC(C)=CC[C@@H]([C@@H](C)O)OC(=O)C(CO[C@@H]3O[C@H](C)[C@@H](OC(=O)c4c(O)c(Cl)c(O)c(Cl)c4CC)[C@H](O)[C@@H]3OC)=CC=CC[C@H](O)C(C)=C[C@@H]2CC)OC1(C)C)C([2H])([2H])[2H]. The largest absolute Gasteiger partial charge is 0.505 e. The lowest BCUT2D eigenvalue weighted by Gasteiger charge is -2.47. The number of benzene rings is 1. The number of halogens is 2. The van der Waals surface area contributed by atoms with Crippen molar-refractivity contribution in [3.05, 3.63) is 79.9 Å². The van der Waals surface area contributed by atoms with Gasteiger partial charge in [-0.05, 0) is 90.5 Å². The number of phenols is 2. The minimum Gasteiger partial charge on any atom is -0.505 e. The third-order valence-electron chi connectivity index (χ3n) is 12.7. The average Bonchev–Trinajstić information content (AvgIpc) is 3.37. The highest BCUT2D eigenvalue weighted by molar-refractivity contribution is 6.39. The first kappa shape index (κ1) is 50.3. The van der Waals surface area contributed by atoms with Gasteiger partial charge in [0.15, 0.2) is 36.3 Å². The van der Waals surface area contributed by atoms with Gasteiger partial charge in [0.2, 0.25) is 0 Å². The predicted octanol–water partition coefficient (Wildman–Crippen LogP) is 6.23. The Labute approximate surface area is 441 Å². The molecule has 7 N–H and O–H groups in total. The first-order valence-corrected chi connectivity index (χ1v) is 24.2. The number of aliphatic hydroxyl groups excluding tert-OH is 5. The van der Waals surface area contributed by atoms with E-state index in [0.29, 0.717) is 23.1 Å². The fraction of sp³-hybridized carbons (Fsp3) is 0.635. The fourth-order valence-electron chi connectivity index (χ4n) is 8.51. The lowest BCUT2D eigenvalue weighted by Crippen LogP contribution is -2.64. The molecule has 0 bridgehead atoms. The van der Waals surface area contributed by atoms with Crippen molar-refractivity contribution in [1.29, 1.82) is 0 Å². The van der Waals surface area contributed by atoms with Crippen LogP contribution in [0.15, 0.2) is 58.7 Å². The average molecular weight is 1070 g/mol. The molecule has 14 atom stereocenters. The van der Waals surface area contributed by atoms with Crippen molar-refractivity contribution in [2.24, 2.45) is 11.8 Å². The molecule has 0 aliphatic carbocycles. The number of carbonyl (C=O) groups excluding carboxylic acids is 3. The molecule has 3 aliphatic heterocycles. The van der Waals surface area contributed by atoms with Crippen molar-refractivity contribution in [3.8, 4) is 11.5 Å². The molecule has 0 radical (unpaired) electrons. The van der Waals surface area contributed by atoms with Crippen molar-refractivity contribution >= 4 is 41.1 Å². The molecule has 0 saturated carbocycles. The van der Waals surface area contributed by atoms with E-state index in [4.69, 9.17) is 70.7 Å². The van der Waals surface area contributed by atoms with Gasteiger partial charge < -0.3 is 73.6 Å². The zero-order chi connectivity index (χ0) is 60.0. The number of hydrogen-bond acceptors (Lipinski definition) is 18. The lowest BCUT2D eigenvalue weighted by atomic mass is 9.88. The quantitative estimate of drug-likeness (QED) is 0.0655. The maximum Gasteiger partial charge on any atom is 0.342 e. The number of ether oxygens (including phenoxy) is 8. The van der Waals surface area contributed by atoms with Gasteiger partial charge in [-0.1, -0.05) is 86.7 Å². The first-order valence-electron chi connectivity index (χ1n) is 27.0. The number of phenolic OH excluding ortho intramolecular Hbond substituents is 2. The number of methoxy groups -OCH3 is 1. The van der Waals surface area contributed by atoms with Crippen LogP contribution in [0.5, 0.6) is 11.5 Å². The van der Waals surface area contributed by atoms with E-state index < -0.39 is 157 Å². The van der Waals surface area contributed by atoms with Gasteiger partial charge in [-0.25, -0.2) is 9.59 Å². The van der Waals surface area contributed by atoms with Crippen LogP contribution in [0.25, 0.3) is 0 Å². The van der Waals surface area contributed by atoms with Crippen LogP contribution in [-0.2, 0) is 53.9 Å². The Kier molecular flexibility index (Phi) is 18.5. The summed E-state index contributed by atoms with van der Waals surface area (Å²) in [7, 11) is 1.23. The summed E-state index contributed by atoms with van der Waals surface area (Å²) in [5, 5.41) is 76.8. The molecule has 3 aliphatic rings. The Morgan fingerprint density at radius 1 is 0.958 bits per heavy atom. The highest BCUT2D eigenvalue weighted by atomic mass is 35.5. The van der Waals surface area contributed by atoms with E-state index in [1.807, 2.05) is 6.92 Å². The number of rotatable bonds is 13. The maximum absolute atomic E-state index is 14.0. The van der Waals surface area contributed by atoms with Crippen molar-refractivity contribution < 1.29 is 97.6 Å². The van der Waals surface area contributed by atoms with Crippen molar-refractivity contribution in [3.63, 3.8) is 0 Å². The van der Waals surface area contributed by atoms with Gasteiger partial charge in [0.1, 0.15) is 46.7 Å². The molecular weight excluding hydrogens is 983 g/mol. The molecule has 2 saturated heterocycles. The van der Waals surface area contributed by atoms with Crippen molar-refractivity contribution in [1.82, 2.24) is 0 Å². The molecule has 2 fully saturated rings. The molecule has 1 aromatic carbocycles. The van der Waals surface area contributed by atoms with E-state index in [0.717, 1.165) is 0 Å². The number of aliphatic hydroxyl groups is 5. The topological polar surface area (TPSA) is 267 Å². The van der Waals surface area contributed by atoms with Gasteiger partial charge in [0.05, 0.1) is 47.5 Å². The molecular formula is C52H74Cl2O18. The molecule has 18 nitrogen and oxygen atoms in total. The molecule has 0 unspecified atom stereocenters. The second kappa shape index (κ2) is 26.5. The summed E-state index contributed by atoms with van der Waals surface area (Å²) in [6, 6.07) is 0. The molecule has 4 rings (SSSR count). The molecule has 0 aromatic heterocycles. The van der Waals surface area contributed by atoms with Crippen LogP contribution >= 0.6 is 23.2 Å². The molecule has 0 spiro atoms. The van der Waals surface area contributed by atoms with E-state index >= 15 is 0 Å². The second-order valence-corrected chi connectivity index (χ2v) is 19.3. The van der Waals surface area contributed by atoms with Gasteiger partial charge in [0, 0.05) is 29.0 Å². The summed E-state index contributed by atoms with van der Waals surface area (Å²) in [5.74, 6) is -9.79. The van der Waals surface area contributed by atoms with Crippen LogP contribution in [0.3, 0.4) is 0 Å². The number of cyclic esters (lactones) is 1. The number of esters is 3. The third kappa shape index (κ3) is 14.7. The van der Waals surface area contributed by atoms with E-state index in [1.165, 1.54) is 47.0 Å². The smallest absolute Gasteiger partial charge is 0.342 e. The van der Waals surface area contributed by atoms with Crippen molar-refractivity contribution in [2.75, 3.05) is 13.7 Å². The molecule has 0 amide bonds. The minimum absolute atomic E-state index is 0.00637. The Bertz CT molecular complexity index is 2480. The summed E-state index contributed by atoms with van der Waals surface area (Å²) in [6.45, 7) is 6.21. The van der Waals surface area contributed by atoms with Crippen LogP contribution in [0.1, 0.15) is 121 Å². The van der Waals surface area contributed by atoms with Gasteiger partial charge in [-0.3, -0.25) is 4.79 Å². The zero-order valence-electron chi connectivity index (χ0n) is 49.0. The summed E-state index contributed by atoms with van der Waals surface area (Å²) in [6.07, 6.45) is -8.85. The summed E-state index contributed by atoms with van der Waals surface area (Å²) < 4.78 is 101. The Hall–Kier alpha value is -3.89. The van der Waals surface area contributed by atoms with Crippen LogP contribution in [0, 0.1) is 11.8 Å². The summed E-state index contributed by atoms with van der Waals surface area (Å²) in [4.78, 5) is 40.8. The van der Waals surface area contributed by atoms with Gasteiger partial charge >= 0.3 is 17.9 Å². The molecule has 3 heterocycles. The highest BCUT2D eigenvalue weighted by Gasteiger charge is 2.53. The van der Waals surface area contributed by atoms with Crippen LogP contribution in [0.2, 0.25) is 10.0 Å². The number of aromatic hydroxyl groups is 2. The van der Waals surface area contributed by atoms with Gasteiger partial charge in [-0.2, -0.15) is 0 Å². The third-order valence-corrected chi connectivity index (χ3v) is 13.5. The van der Waals surface area contributed by atoms with Gasteiger partial charge in [0.25, 0.3) is 0 Å². The number of hydrogen-bond donors (Lipinski definition) is 7. The lowest BCUT2D eigenvalue weighted by molar-refractivity contribution is -0.333. The monoisotopic (exact) mass is 1060 g/mol. The Balaban J connectivity index is 1.62.